The van der Waals surface area contributed by atoms with E-state index in [0.717, 1.165) is 0 Å². The minimum absolute atomic E-state index is 0.0408. The van der Waals surface area contributed by atoms with Gasteiger partial charge in [-0.15, -0.1) is 0 Å². The van der Waals surface area contributed by atoms with Crippen LogP contribution in [0.4, 0.5) is 0 Å². The summed E-state index contributed by atoms with van der Waals surface area (Å²) in [4.78, 5) is 23.7. The molecule has 1 rings (SSSR count). The molecule has 0 aliphatic heterocycles. The summed E-state index contributed by atoms with van der Waals surface area (Å²) in [7, 11) is -3.46. The number of hydrogen-bond donors (Lipinski definition) is 0. The number of rotatable bonds is 6. The second-order valence-electron chi connectivity index (χ2n) is 4.06. The van der Waals surface area contributed by atoms with E-state index in [-0.39, 0.29) is 25.4 Å². The number of carbonyl (C=O) groups excluding carboxylic acids is 2. The molecule has 0 spiro atoms. The van der Waals surface area contributed by atoms with Crippen molar-refractivity contribution in [3.63, 3.8) is 0 Å². The van der Waals surface area contributed by atoms with E-state index in [2.05, 4.69) is 0 Å². The van der Waals surface area contributed by atoms with Crippen molar-refractivity contribution in [2.45, 2.75) is 32.4 Å². The average Bonchev–Trinajstić information content (AvgIpc) is 3.07. The van der Waals surface area contributed by atoms with Gasteiger partial charge in [0.1, 0.15) is 0 Å². The Balaban J connectivity index is 3.02. The van der Waals surface area contributed by atoms with Gasteiger partial charge in [-0.3, -0.25) is 9.59 Å². The van der Waals surface area contributed by atoms with Crippen LogP contribution in [0.1, 0.15) is 27.2 Å². The molecule has 0 unspecified atom stereocenters. The Labute approximate surface area is 107 Å². The van der Waals surface area contributed by atoms with Gasteiger partial charge in [-0.1, -0.05) is 6.92 Å². The Kier molecular flexibility index (Phi) is 4.37. The second kappa shape index (κ2) is 5.26. The highest BCUT2D eigenvalue weighted by Gasteiger charge is 2.73. The third-order valence-electron chi connectivity index (χ3n) is 3.01. The summed E-state index contributed by atoms with van der Waals surface area (Å²) >= 11 is 0. The molecule has 0 aromatic carbocycles. The first kappa shape index (κ1) is 14.9. The van der Waals surface area contributed by atoms with Gasteiger partial charge in [0.05, 0.1) is 18.5 Å². The van der Waals surface area contributed by atoms with E-state index in [4.69, 9.17) is 9.47 Å². The first-order valence-electron chi connectivity index (χ1n) is 5.92. The molecule has 0 N–H and O–H groups in total. The van der Waals surface area contributed by atoms with E-state index in [1.807, 2.05) is 0 Å². The predicted molar refractivity (Wildman–Crippen MR) is 63.6 cm³/mol. The van der Waals surface area contributed by atoms with E-state index < -0.39 is 32.4 Å². The largest absolute Gasteiger partial charge is 0.465 e. The topological polar surface area (TPSA) is 86.7 Å². The van der Waals surface area contributed by atoms with Gasteiger partial charge in [-0.05, 0) is 20.3 Å². The van der Waals surface area contributed by atoms with Crippen molar-refractivity contribution in [2.75, 3.05) is 19.0 Å². The van der Waals surface area contributed by atoms with Crippen LogP contribution in [-0.2, 0) is 28.9 Å². The van der Waals surface area contributed by atoms with Gasteiger partial charge >= 0.3 is 11.9 Å². The quantitative estimate of drug-likeness (QED) is 0.513. The summed E-state index contributed by atoms with van der Waals surface area (Å²) in [5.41, 5.74) is -1.64. The fourth-order valence-corrected chi connectivity index (χ4v) is 3.63. The van der Waals surface area contributed by atoms with Gasteiger partial charge < -0.3 is 9.47 Å². The van der Waals surface area contributed by atoms with Gasteiger partial charge in [0, 0.05) is 5.75 Å². The third-order valence-corrected chi connectivity index (χ3v) is 5.25. The van der Waals surface area contributed by atoms with Crippen LogP contribution in [0.25, 0.3) is 0 Å². The smallest absolute Gasteiger partial charge is 0.324 e. The minimum Gasteiger partial charge on any atom is -0.465 e. The summed E-state index contributed by atoms with van der Waals surface area (Å²) in [5.74, 6) is -1.71. The molecule has 0 amide bonds. The van der Waals surface area contributed by atoms with Crippen LogP contribution >= 0.6 is 0 Å². The first-order chi connectivity index (χ1) is 8.36. The van der Waals surface area contributed by atoms with Crippen molar-refractivity contribution in [2.24, 2.45) is 5.41 Å². The van der Waals surface area contributed by atoms with Crippen molar-refractivity contribution >= 4 is 21.8 Å². The summed E-state index contributed by atoms with van der Waals surface area (Å²) in [6.07, 6.45) is -0.0408. The maximum absolute atomic E-state index is 11.8. The van der Waals surface area contributed by atoms with Crippen LogP contribution in [0.3, 0.4) is 0 Å². The highest BCUT2D eigenvalue weighted by molar-refractivity contribution is 7.92. The summed E-state index contributed by atoms with van der Waals surface area (Å²) in [5, 5.41) is -1.01. The summed E-state index contributed by atoms with van der Waals surface area (Å²) in [6.45, 7) is 4.87. The highest BCUT2D eigenvalue weighted by atomic mass is 32.2. The van der Waals surface area contributed by atoms with E-state index in [9.17, 15) is 18.0 Å². The minimum atomic E-state index is -3.46. The molecule has 1 aliphatic rings. The zero-order valence-electron chi connectivity index (χ0n) is 10.8. The highest BCUT2D eigenvalue weighted by Crippen LogP contribution is 2.53. The summed E-state index contributed by atoms with van der Waals surface area (Å²) in [6, 6.07) is 0. The summed E-state index contributed by atoms with van der Waals surface area (Å²) < 4.78 is 33.2. The Morgan fingerprint density at radius 3 is 1.89 bits per heavy atom. The molecule has 0 saturated heterocycles. The molecule has 1 aliphatic carbocycles. The molecule has 104 valence electrons. The monoisotopic (exact) mass is 278 g/mol. The Hall–Kier alpha value is -1.11. The lowest BCUT2D eigenvalue weighted by atomic mass is 10.1. The number of carbonyl (C=O) groups is 2. The van der Waals surface area contributed by atoms with Gasteiger partial charge in [0.15, 0.2) is 15.3 Å². The third kappa shape index (κ3) is 2.36. The Morgan fingerprint density at radius 1 is 1.11 bits per heavy atom. The van der Waals surface area contributed by atoms with Gasteiger partial charge in [-0.25, -0.2) is 8.42 Å². The van der Waals surface area contributed by atoms with E-state index in [0.29, 0.717) is 0 Å². The Bertz CT molecular complexity index is 420. The molecular formula is C11H18O6S. The van der Waals surface area contributed by atoms with Crippen molar-refractivity contribution in [3.8, 4) is 0 Å². The van der Waals surface area contributed by atoms with Crippen molar-refractivity contribution in [1.29, 1.82) is 0 Å². The lowest BCUT2D eigenvalue weighted by Crippen LogP contribution is -2.35. The van der Waals surface area contributed by atoms with Crippen molar-refractivity contribution in [1.82, 2.24) is 0 Å². The normalized spacial score (nSPS) is 21.2. The van der Waals surface area contributed by atoms with E-state index >= 15 is 0 Å². The zero-order chi connectivity index (χ0) is 14.0. The Morgan fingerprint density at radius 2 is 1.56 bits per heavy atom. The van der Waals surface area contributed by atoms with Gasteiger partial charge in [-0.2, -0.15) is 0 Å². The molecule has 0 aromatic rings. The molecule has 0 heterocycles. The SMILES string of the molecule is CCOC(=O)C1(C(=O)OCC)C[C@H]1S(=O)(=O)CC. The lowest BCUT2D eigenvalue weighted by Gasteiger charge is -2.14. The molecular weight excluding hydrogens is 260 g/mol. The number of sulfone groups is 1. The van der Waals surface area contributed by atoms with Crippen LogP contribution < -0.4 is 0 Å². The molecule has 1 atom stereocenters. The van der Waals surface area contributed by atoms with Crippen LogP contribution in [0.15, 0.2) is 0 Å². The second-order valence-corrected chi connectivity index (χ2v) is 6.53. The molecule has 7 heteroatoms. The lowest BCUT2D eigenvalue weighted by molar-refractivity contribution is -0.163. The number of esters is 2. The molecule has 0 bridgehead atoms. The van der Waals surface area contributed by atoms with E-state index in [1.54, 1.807) is 13.8 Å². The predicted octanol–water partition coefficient (Wildman–Crippen LogP) is 0.306. The maximum Gasteiger partial charge on any atom is 0.324 e. The van der Waals surface area contributed by atoms with E-state index in [1.165, 1.54) is 6.92 Å². The van der Waals surface area contributed by atoms with Crippen LogP contribution in [0.5, 0.6) is 0 Å². The molecule has 1 fully saturated rings. The van der Waals surface area contributed by atoms with Gasteiger partial charge in [0.2, 0.25) is 0 Å². The zero-order valence-corrected chi connectivity index (χ0v) is 11.6. The molecule has 1 saturated carbocycles. The van der Waals surface area contributed by atoms with Gasteiger partial charge in [0.25, 0.3) is 0 Å². The van der Waals surface area contributed by atoms with Crippen LogP contribution in [0.2, 0.25) is 0 Å². The van der Waals surface area contributed by atoms with Crippen LogP contribution in [-0.4, -0.2) is 44.6 Å². The first-order valence-corrected chi connectivity index (χ1v) is 7.64. The fraction of sp³-hybridized carbons (Fsp3) is 0.818. The van der Waals surface area contributed by atoms with Crippen LogP contribution in [0, 0.1) is 5.41 Å². The van der Waals surface area contributed by atoms with Crippen molar-refractivity contribution in [3.05, 3.63) is 0 Å². The average molecular weight is 278 g/mol. The molecule has 0 radical (unpaired) electrons. The number of hydrogen-bond acceptors (Lipinski definition) is 6. The fourth-order valence-electron chi connectivity index (χ4n) is 1.90. The number of ether oxygens (including phenoxy) is 2. The molecule has 6 nitrogen and oxygen atoms in total. The maximum atomic E-state index is 11.8. The van der Waals surface area contributed by atoms with Crippen molar-refractivity contribution < 1.29 is 27.5 Å². The molecule has 18 heavy (non-hydrogen) atoms. The standard InChI is InChI=1S/C11H18O6S/c1-4-16-9(12)11(10(13)17-5-2)7-8(11)18(14,15)6-3/h8H,4-7H2,1-3H3/t8-/m1/s1. The molecule has 0 aromatic heterocycles.